The number of hydrogen-bond donors (Lipinski definition) is 1. The monoisotopic (exact) mass is 308 g/mol. The van der Waals surface area contributed by atoms with Gasteiger partial charge in [0.1, 0.15) is 16.0 Å². The van der Waals surface area contributed by atoms with Gasteiger partial charge in [-0.1, -0.05) is 29.8 Å². The Morgan fingerprint density at radius 3 is 2.62 bits per heavy atom. The van der Waals surface area contributed by atoms with E-state index in [-0.39, 0.29) is 29.6 Å². The molecule has 5 nitrogen and oxygen atoms in total. The molecule has 1 N–H and O–H groups in total. The van der Waals surface area contributed by atoms with Crippen LogP contribution in [0, 0.1) is 6.92 Å². The first kappa shape index (κ1) is 14.5. The maximum atomic E-state index is 12.2. The third-order valence-electron chi connectivity index (χ3n) is 4.29. The Kier molecular flexibility index (Phi) is 3.75. The van der Waals surface area contributed by atoms with Crippen LogP contribution in [-0.4, -0.2) is 43.3 Å². The quantitative estimate of drug-likeness (QED) is 0.885. The Labute approximate surface area is 125 Å². The fourth-order valence-electron chi connectivity index (χ4n) is 3.21. The van der Waals surface area contributed by atoms with Crippen molar-refractivity contribution in [2.75, 3.05) is 18.1 Å². The highest BCUT2D eigenvalue weighted by Gasteiger charge is 2.39. The smallest absolute Gasteiger partial charge is 0.238 e. The maximum Gasteiger partial charge on any atom is 0.238 e. The van der Waals surface area contributed by atoms with Crippen LogP contribution in [0.3, 0.4) is 0 Å². The van der Waals surface area contributed by atoms with E-state index in [0.717, 1.165) is 11.1 Å². The van der Waals surface area contributed by atoms with Crippen LogP contribution in [0.15, 0.2) is 24.3 Å². The number of amides is 1. The fraction of sp³-hybridized carbons (Fsp3) is 0.533. The van der Waals surface area contributed by atoms with Gasteiger partial charge in [-0.05, 0) is 25.3 Å². The molecule has 114 valence electrons. The van der Waals surface area contributed by atoms with Crippen LogP contribution in [0.2, 0.25) is 0 Å². The van der Waals surface area contributed by atoms with E-state index < -0.39 is 9.84 Å². The number of carbonyl (C=O) groups is 1. The summed E-state index contributed by atoms with van der Waals surface area (Å²) in [5.74, 6) is 0.426. The Bertz CT molecular complexity index is 643. The molecule has 6 heteroatoms. The Hall–Kier alpha value is -1.40. The van der Waals surface area contributed by atoms with Crippen LogP contribution in [0.25, 0.3) is 0 Å². The van der Waals surface area contributed by atoms with Crippen molar-refractivity contribution in [3.63, 3.8) is 0 Å². The average Bonchev–Trinajstić information content (AvgIpc) is 2.81. The van der Waals surface area contributed by atoms with E-state index >= 15 is 0 Å². The molecule has 0 spiro atoms. The van der Waals surface area contributed by atoms with Gasteiger partial charge >= 0.3 is 0 Å². The van der Waals surface area contributed by atoms with E-state index in [4.69, 9.17) is 0 Å². The predicted octanol–water partition coefficient (Wildman–Crippen LogP) is 1.00. The van der Waals surface area contributed by atoms with E-state index in [1.807, 2.05) is 30.0 Å². The van der Waals surface area contributed by atoms with Crippen molar-refractivity contribution in [3.8, 4) is 0 Å². The first-order valence-electron chi connectivity index (χ1n) is 7.28. The Balaban J connectivity index is 1.83. The first-order valence-corrected chi connectivity index (χ1v) is 9.10. The van der Waals surface area contributed by atoms with Crippen LogP contribution in [0.4, 0.5) is 0 Å². The van der Waals surface area contributed by atoms with Crippen LogP contribution < -0.4 is 5.32 Å². The van der Waals surface area contributed by atoms with Gasteiger partial charge in [0.2, 0.25) is 5.91 Å². The molecule has 3 rings (SSSR count). The molecule has 0 aliphatic carbocycles. The largest absolute Gasteiger partial charge is 0.319 e. The standard InChI is InChI=1S/C15H20N2O3S/c1-11-3-2-4-12(9-11)15-16-10-14(18)17(15)13-5-7-21(19,20)8-6-13/h2-4,9,13,15-16H,5-8,10H2,1H3. The zero-order chi connectivity index (χ0) is 15.0. The minimum absolute atomic E-state index is 0.0153. The summed E-state index contributed by atoms with van der Waals surface area (Å²) >= 11 is 0. The van der Waals surface area contributed by atoms with E-state index in [9.17, 15) is 13.2 Å². The molecule has 2 heterocycles. The number of aryl methyl sites for hydroxylation is 1. The first-order chi connectivity index (χ1) is 9.96. The molecule has 2 aliphatic rings. The lowest BCUT2D eigenvalue weighted by Crippen LogP contribution is -2.44. The van der Waals surface area contributed by atoms with Crippen LogP contribution >= 0.6 is 0 Å². The summed E-state index contributed by atoms with van der Waals surface area (Å²) in [4.78, 5) is 14.1. The lowest BCUT2D eigenvalue weighted by atomic mass is 10.1. The molecule has 1 unspecified atom stereocenters. The van der Waals surface area contributed by atoms with Crippen molar-refractivity contribution < 1.29 is 13.2 Å². The summed E-state index contributed by atoms with van der Waals surface area (Å²) in [5.41, 5.74) is 2.22. The minimum atomic E-state index is -2.91. The van der Waals surface area contributed by atoms with Gasteiger partial charge in [-0.3, -0.25) is 10.1 Å². The summed E-state index contributed by atoms with van der Waals surface area (Å²) in [6.07, 6.45) is 0.944. The van der Waals surface area contributed by atoms with Gasteiger partial charge in [-0.2, -0.15) is 0 Å². The molecule has 1 aromatic carbocycles. The van der Waals surface area contributed by atoms with Crippen molar-refractivity contribution >= 4 is 15.7 Å². The van der Waals surface area contributed by atoms with Crippen molar-refractivity contribution in [2.45, 2.75) is 32.0 Å². The van der Waals surface area contributed by atoms with Gasteiger partial charge in [-0.25, -0.2) is 8.42 Å². The number of rotatable bonds is 2. The molecule has 2 aliphatic heterocycles. The average molecular weight is 308 g/mol. The molecular weight excluding hydrogens is 288 g/mol. The third-order valence-corrected chi connectivity index (χ3v) is 6.00. The Morgan fingerprint density at radius 1 is 1.24 bits per heavy atom. The number of sulfone groups is 1. The minimum Gasteiger partial charge on any atom is -0.319 e. The summed E-state index contributed by atoms with van der Waals surface area (Å²) < 4.78 is 23.1. The SMILES string of the molecule is Cc1cccc(C2NCC(=O)N2C2CCS(=O)(=O)CC2)c1. The molecule has 1 aromatic rings. The summed E-state index contributed by atoms with van der Waals surface area (Å²) in [5, 5.41) is 3.24. The van der Waals surface area contributed by atoms with Gasteiger partial charge in [0, 0.05) is 6.04 Å². The van der Waals surface area contributed by atoms with Gasteiger partial charge in [0.25, 0.3) is 0 Å². The van der Waals surface area contributed by atoms with Gasteiger partial charge in [0.15, 0.2) is 0 Å². The molecule has 1 atom stereocenters. The highest BCUT2D eigenvalue weighted by molar-refractivity contribution is 7.91. The van der Waals surface area contributed by atoms with E-state index in [0.29, 0.717) is 19.4 Å². The lowest BCUT2D eigenvalue weighted by molar-refractivity contribution is -0.130. The van der Waals surface area contributed by atoms with Crippen LogP contribution in [0.1, 0.15) is 30.1 Å². The molecule has 0 bridgehead atoms. The highest BCUT2D eigenvalue weighted by atomic mass is 32.2. The molecular formula is C15H20N2O3S. The summed E-state index contributed by atoms with van der Waals surface area (Å²) in [7, 11) is -2.91. The number of nitrogens with one attached hydrogen (secondary N) is 1. The number of carbonyl (C=O) groups excluding carboxylic acids is 1. The van der Waals surface area contributed by atoms with Crippen molar-refractivity contribution in [2.24, 2.45) is 0 Å². The van der Waals surface area contributed by atoms with Gasteiger partial charge in [0.05, 0.1) is 18.1 Å². The second-order valence-corrected chi connectivity index (χ2v) is 8.19. The van der Waals surface area contributed by atoms with Crippen molar-refractivity contribution in [1.82, 2.24) is 10.2 Å². The van der Waals surface area contributed by atoms with E-state index in [2.05, 4.69) is 11.4 Å². The molecule has 0 saturated carbocycles. The lowest BCUT2D eigenvalue weighted by Gasteiger charge is -2.35. The van der Waals surface area contributed by atoms with E-state index in [1.54, 1.807) is 0 Å². The highest BCUT2D eigenvalue weighted by Crippen LogP contribution is 2.30. The van der Waals surface area contributed by atoms with Crippen molar-refractivity contribution in [1.29, 1.82) is 0 Å². The molecule has 21 heavy (non-hydrogen) atoms. The third kappa shape index (κ3) is 2.96. The molecule has 0 radical (unpaired) electrons. The van der Waals surface area contributed by atoms with Crippen LogP contribution in [0.5, 0.6) is 0 Å². The van der Waals surface area contributed by atoms with Crippen LogP contribution in [-0.2, 0) is 14.6 Å². The normalized spacial score (nSPS) is 26.2. The topological polar surface area (TPSA) is 66.5 Å². The molecule has 2 saturated heterocycles. The van der Waals surface area contributed by atoms with Gasteiger partial charge in [-0.15, -0.1) is 0 Å². The van der Waals surface area contributed by atoms with Gasteiger partial charge < -0.3 is 4.90 Å². The predicted molar refractivity (Wildman–Crippen MR) is 80.4 cm³/mol. The number of hydrogen-bond acceptors (Lipinski definition) is 4. The van der Waals surface area contributed by atoms with Crippen molar-refractivity contribution in [3.05, 3.63) is 35.4 Å². The molecule has 1 amide bonds. The summed E-state index contributed by atoms with van der Waals surface area (Å²) in [6, 6.07) is 8.11. The zero-order valence-corrected chi connectivity index (χ0v) is 12.9. The fourth-order valence-corrected chi connectivity index (χ4v) is 4.67. The number of nitrogens with zero attached hydrogens (tertiary/aromatic N) is 1. The molecule has 0 aromatic heterocycles. The summed E-state index contributed by atoms with van der Waals surface area (Å²) in [6.45, 7) is 2.35. The molecule has 2 fully saturated rings. The Morgan fingerprint density at radius 2 is 1.95 bits per heavy atom. The number of benzene rings is 1. The maximum absolute atomic E-state index is 12.2. The second kappa shape index (κ2) is 5.42. The second-order valence-electron chi connectivity index (χ2n) is 5.88. The van der Waals surface area contributed by atoms with E-state index in [1.165, 1.54) is 0 Å². The zero-order valence-electron chi connectivity index (χ0n) is 12.1.